The number of Topliss-reactive ketones (excluding diaryl/α,β-unsaturated/α-hetero) is 1. The first-order chi connectivity index (χ1) is 19.9. The fraction of sp³-hybridized carbons (Fsp3) is 0.806. The number of hydrogen-bond acceptors (Lipinski definition) is 6. The Morgan fingerprint density at radius 3 is 1.86 bits per heavy atom. The molecule has 11 nitrogen and oxygen atoms in total. The van der Waals surface area contributed by atoms with Gasteiger partial charge in [0.15, 0.2) is 5.78 Å². The lowest BCUT2D eigenvalue weighted by atomic mass is 10.0. The molecule has 1 aliphatic heterocycles. The molecule has 1 aliphatic rings. The van der Waals surface area contributed by atoms with Gasteiger partial charge in [-0.1, -0.05) is 82.6 Å². The number of urea groups is 1. The highest BCUT2D eigenvalue weighted by Crippen LogP contribution is 2.19. The van der Waals surface area contributed by atoms with Crippen LogP contribution in [0, 0.1) is 11.8 Å². The van der Waals surface area contributed by atoms with Crippen molar-refractivity contribution < 1.29 is 28.8 Å². The van der Waals surface area contributed by atoms with Gasteiger partial charge in [0.05, 0.1) is 6.04 Å². The maximum absolute atomic E-state index is 12.8. The molecule has 6 amide bonds. The summed E-state index contributed by atoms with van der Waals surface area (Å²) in [6.07, 6.45) is 3.12. The number of carbonyl (C=O) groups is 6. The molecule has 0 radical (unpaired) electrons. The predicted molar refractivity (Wildman–Crippen MR) is 171 cm³/mol. The normalized spacial score (nSPS) is 14.7. The molecule has 1 saturated heterocycles. The lowest BCUT2D eigenvalue weighted by Gasteiger charge is -2.24. The minimum atomic E-state index is -0.792. The molecule has 0 saturated carbocycles. The molecule has 3 atom stereocenters. The van der Waals surface area contributed by atoms with E-state index in [4.69, 9.17) is 5.73 Å². The Hall–Kier alpha value is -2.98. The van der Waals surface area contributed by atoms with E-state index in [0.29, 0.717) is 45.2 Å². The summed E-state index contributed by atoms with van der Waals surface area (Å²) in [5.74, 6) is -1.66. The van der Waals surface area contributed by atoms with Gasteiger partial charge in [0.1, 0.15) is 6.04 Å². The first-order valence-corrected chi connectivity index (χ1v) is 15.9. The van der Waals surface area contributed by atoms with E-state index < -0.39 is 24.0 Å². The van der Waals surface area contributed by atoms with Crippen LogP contribution in [0.4, 0.5) is 4.79 Å². The number of unbranched alkanes of at least 4 members (excludes halogenated alkanes) is 2. The van der Waals surface area contributed by atoms with Gasteiger partial charge in [0, 0.05) is 31.8 Å². The van der Waals surface area contributed by atoms with Gasteiger partial charge in [0.2, 0.25) is 23.6 Å². The molecule has 1 rings (SSSR count). The molecule has 0 aromatic carbocycles. The first-order valence-electron chi connectivity index (χ1n) is 15.9. The fourth-order valence-electron chi connectivity index (χ4n) is 3.75. The Morgan fingerprint density at radius 2 is 1.43 bits per heavy atom. The number of nitrogens with two attached hydrogens (primary N) is 1. The molecule has 1 heterocycles. The average molecular weight is 602 g/mol. The van der Waals surface area contributed by atoms with Gasteiger partial charge in [-0.2, -0.15) is 0 Å². The molecule has 0 aromatic rings. The van der Waals surface area contributed by atoms with Gasteiger partial charge < -0.3 is 21.7 Å². The summed E-state index contributed by atoms with van der Waals surface area (Å²) in [6.45, 7) is 23.4. The zero-order valence-corrected chi connectivity index (χ0v) is 28.6. The minimum absolute atomic E-state index is 0.137. The van der Waals surface area contributed by atoms with E-state index in [0.717, 1.165) is 0 Å². The highest BCUT2D eigenvalue weighted by Gasteiger charge is 2.34. The van der Waals surface area contributed by atoms with Crippen LogP contribution in [-0.2, 0) is 24.0 Å². The summed E-state index contributed by atoms with van der Waals surface area (Å²) >= 11 is 0. The lowest BCUT2D eigenvalue weighted by molar-refractivity contribution is -0.139. The number of ketones is 1. The second-order valence-corrected chi connectivity index (χ2v) is 9.19. The van der Waals surface area contributed by atoms with Crippen molar-refractivity contribution in [2.75, 3.05) is 13.1 Å². The first kappa shape index (κ1) is 46.0. The fourth-order valence-corrected chi connectivity index (χ4v) is 3.75. The smallest absolute Gasteiger partial charge is 0.312 e. The van der Waals surface area contributed by atoms with Gasteiger partial charge in [-0.3, -0.25) is 28.9 Å². The second kappa shape index (κ2) is 29.5. The molecule has 42 heavy (non-hydrogen) atoms. The van der Waals surface area contributed by atoms with Gasteiger partial charge in [0.25, 0.3) is 0 Å². The van der Waals surface area contributed by atoms with Crippen LogP contribution in [0.5, 0.6) is 0 Å². The second-order valence-electron chi connectivity index (χ2n) is 9.19. The maximum atomic E-state index is 12.8. The number of carbonyl (C=O) groups excluding carboxylic acids is 6. The summed E-state index contributed by atoms with van der Waals surface area (Å²) in [7, 11) is 0. The van der Waals surface area contributed by atoms with Crippen LogP contribution >= 0.6 is 0 Å². The molecule has 0 bridgehead atoms. The Kier molecular flexibility index (Phi) is 32.3. The SMILES string of the molecule is CC.CC.CC.CC.CC(=O)C(CCCNC(N)=O)NC(=O)C(NC(=O)CCCCCN1C(=O)CC(C)C1=O)C(C)C. The molecule has 0 aromatic heterocycles. The molecule has 11 heteroatoms. The number of hydrogen-bond donors (Lipinski definition) is 4. The van der Waals surface area contributed by atoms with Crippen molar-refractivity contribution in [3.05, 3.63) is 0 Å². The zero-order chi connectivity index (χ0) is 33.8. The third kappa shape index (κ3) is 20.8. The molecule has 3 unspecified atom stereocenters. The van der Waals surface area contributed by atoms with E-state index in [-0.39, 0.29) is 48.2 Å². The number of rotatable bonds is 15. The topological polar surface area (TPSA) is 168 Å². The Labute approximate surface area is 255 Å². The number of nitrogens with zero attached hydrogens (tertiary/aromatic N) is 1. The highest BCUT2D eigenvalue weighted by atomic mass is 16.2. The van der Waals surface area contributed by atoms with Gasteiger partial charge in [-0.15, -0.1) is 0 Å². The van der Waals surface area contributed by atoms with Gasteiger partial charge >= 0.3 is 6.03 Å². The van der Waals surface area contributed by atoms with Gasteiger partial charge in [-0.25, -0.2) is 4.79 Å². The van der Waals surface area contributed by atoms with E-state index in [1.54, 1.807) is 20.8 Å². The Morgan fingerprint density at radius 1 is 0.881 bits per heavy atom. The van der Waals surface area contributed by atoms with Crippen molar-refractivity contribution in [2.24, 2.45) is 17.6 Å². The third-order valence-electron chi connectivity index (χ3n) is 5.80. The van der Waals surface area contributed by atoms with Crippen molar-refractivity contribution in [1.82, 2.24) is 20.9 Å². The molecular weight excluding hydrogens is 538 g/mol. The highest BCUT2D eigenvalue weighted by molar-refractivity contribution is 6.03. The van der Waals surface area contributed by atoms with E-state index in [1.807, 2.05) is 55.4 Å². The molecular formula is C31H63N5O6. The molecule has 0 aliphatic carbocycles. The average Bonchev–Trinajstić information content (AvgIpc) is 3.22. The van der Waals surface area contributed by atoms with Gasteiger partial charge in [-0.05, 0) is 38.5 Å². The lowest BCUT2D eigenvalue weighted by Crippen LogP contribution is -2.53. The molecule has 5 N–H and O–H groups in total. The summed E-state index contributed by atoms with van der Waals surface area (Å²) in [5.41, 5.74) is 5.01. The van der Waals surface area contributed by atoms with E-state index >= 15 is 0 Å². The monoisotopic (exact) mass is 601 g/mol. The molecule has 0 spiro atoms. The van der Waals surface area contributed by atoms with Crippen LogP contribution in [0.15, 0.2) is 0 Å². The number of amides is 6. The number of imide groups is 1. The van der Waals surface area contributed by atoms with Crippen LogP contribution in [0.2, 0.25) is 0 Å². The largest absolute Gasteiger partial charge is 0.352 e. The Bertz CT molecular complexity index is 773. The van der Waals surface area contributed by atoms with Crippen LogP contribution in [-0.4, -0.2) is 65.5 Å². The van der Waals surface area contributed by atoms with Crippen LogP contribution < -0.4 is 21.7 Å². The number of nitrogens with one attached hydrogen (secondary N) is 3. The van der Waals surface area contributed by atoms with E-state index in [1.165, 1.54) is 11.8 Å². The van der Waals surface area contributed by atoms with Crippen molar-refractivity contribution in [3.63, 3.8) is 0 Å². The summed E-state index contributed by atoms with van der Waals surface area (Å²) in [4.78, 5) is 72.8. The van der Waals surface area contributed by atoms with E-state index in [9.17, 15) is 28.8 Å². The standard InChI is InChI=1S/C23H39N5O6.4C2H6/c1-14(2)20(21(32)26-17(16(4)29)9-8-11-25-23(24)34)27-18(30)10-6-5-7-12-28-19(31)13-15(3)22(28)33;4*1-2/h14-15,17,20H,5-13H2,1-4H3,(H,26,32)(H,27,30)(H3,24,25,34);4*1-2H3. The predicted octanol–water partition coefficient (Wildman–Crippen LogP) is 4.71. The summed E-state index contributed by atoms with van der Waals surface area (Å²) < 4.78 is 0. The number of likely N-dealkylation sites (tertiary alicyclic amines) is 1. The van der Waals surface area contributed by atoms with Crippen molar-refractivity contribution in [2.45, 2.75) is 140 Å². The van der Waals surface area contributed by atoms with Crippen LogP contribution in [0.3, 0.4) is 0 Å². The summed E-state index contributed by atoms with van der Waals surface area (Å²) in [5, 5.41) is 7.87. The number of primary amides is 1. The van der Waals surface area contributed by atoms with Crippen LogP contribution in [0.1, 0.15) is 128 Å². The molecule has 248 valence electrons. The van der Waals surface area contributed by atoms with Crippen molar-refractivity contribution >= 4 is 35.4 Å². The maximum Gasteiger partial charge on any atom is 0.312 e. The molecule has 1 fully saturated rings. The summed E-state index contributed by atoms with van der Waals surface area (Å²) in [6, 6.07) is -2.17. The minimum Gasteiger partial charge on any atom is -0.352 e. The van der Waals surface area contributed by atoms with Crippen LogP contribution in [0.25, 0.3) is 0 Å². The zero-order valence-electron chi connectivity index (χ0n) is 28.6. The van der Waals surface area contributed by atoms with Crippen molar-refractivity contribution in [1.29, 1.82) is 0 Å². The van der Waals surface area contributed by atoms with E-state index in [2.05, 4.69) is 16.0 Å². The Balaban J connectivity index is -0.000000826. The van der Waals surface area contributed by atoms with Crippen molar-refractivity contribution in [3.8, 4) is 0 Å². The quantitative estimate of drug-likeness (QED) is 0.157. The third-order valence-corrected chi connectivity index (χ3v) is 5.80.